The molecule has 386 valence electrons. The SMILES string of the molecule is CC(C)C[C@H](NC(=O)C1CC1CCNC(=O)[C@@H]1CCC(=O)NCC(=O)N[C@@H](Cc2ccc(O)cc2)C(=O)N[C@@H](CC(C)C)C(=O)N[C@@H](CCC(N)=O)C(=O)N[C@@H](CC(N)=O)C(=O)N1)C(=O)NCC(N)=O. The minimum absolute atomic E-state index is 0.0140. The van der Waals surface area contributed by atoms with Crippen LogP contribution in [0.5, 0.6) is 5.75 Å². The van der Waals surface area contributed by atoms with Crippen LogP contribution in [0.1, 0.15) is 91.0 Å². The monoisotopic (exact) mass is 985 g/mol. The number of hydrogen-bond acceptors (Lipinski definition) is 13. The Morgan fingerprint density at radius 3 is 1.91 bits per heavy atom. The number of primary amides is 3. The molecule has 1 saturated heterocycles. The van der Waals surface area contributed by atoms with Crippen LogP contribution < -0.4 is 65.1 Å². The fraction of sp³-hybridized carbons (Fsp3) is 0.600. The number of hydrogen-bond donors (Lipinski definition) is 13. The summed E-state index contributed by atoms with van der Waals surface area (Å²) in [7, 11) is 0. The third-order valence-corrected chi connectivity index (χ3v) is 11.3. The van der Waals surface area contributed by atoms with E-state index < -0.39 is 152 Å². The molecule has 1 aliphatic carbocycles. The van der Waals surface area contributed by atoms with Crippen molar-refractivity contribution < 1.29 is 62.6 Å². The number of nitrogens with one attached hydrogen (secondary N) is 9. The molecule has 3 rings (SSSR count). The van der Waals surface area contributed by atoms with E-state index in [9.17, 15) is 62.6 Å². The molecule has 8 atom stereocenters. The van der Waals surface area contributed by atoms with Crippen molar-refractivity contribution in [1.82, 2.24) is 47.9 Å². The lowest BCUT2D eigenvalue weighted by Gasteiger charge is -2.28. The van der Waals surface area contributed by atoms with Gasteiger partial charge in [0.05, 0.1) is 19.5 Å². The van der Waals surface area contributed by atoms with Crippen LogP contribution >= 0.6 is 0 Å². The molecule has 25 nitrogen and oxygen atoms in total. The summed E-state index contributed by atoms with van der Waals surface area (Å²) in [6, 6.07) is -2.67. The largest absolute Gasteiger partial charge is 0.508 e. The number of carbonyl (C=O) groups is 12. The number of benzene rings is 1. The molecule has 1 saturated carbocycles. The van der Waals surface area contributed by atoms with Crippen molar-refractivity contribution in [1.29, 1.82) is 0 Å². The maximum absolute atomic E-state index is 13.9. The lowest BCUT2D eigenvalue weighted by Crippen LogP contribution is -2.60. The third kappa shape index (κ3) is 20.5. The van der Waals surface area contributed by atoms with Crippen LogP contribution in [0, 0.1) is 23.7 Å². The molecule has 2 unspecified atom stereocenters. The van der Waals surface area contributed by atoms with Gasteiger partial charge in [-0.05, 0) is 74.0 Å². The summed E-state index contributed by atoms with van der Waals surface area (Å²) in [4.78, 5) is 157. The van der Waals surface area contributed by atoms with E-state index in [1.165, 1.54) is 24.3 Å². The highest BCUT2D eigenvalue weighted by Crippen LogP contribution is 2.41. The van der Waals surface area contributed by atoms with Crippen LogP contribution in [0.2, 0.25) is 0 Å². The fourth-order valence-corrected chi connectivity index (χ4v) is 7.56. The van der Waals surface area contributed by atoms with Gasteiger partial charge in [-0.15, -0.1) is 0 Å². The second kappa shape index (κ2) is 27.6. The molecule has 1 heterocycles. The van der Waals surface area contributed by atoms with Gasteiger partial charge in [-0.2, -0.15) is 0 Å². The van der Waals surface area contributed by atoms with Crippen molar-refractivity contribution in [3.63, 3.8) is 0 Å². The molecule has 0 bridgehead atoms. The first-order valence-electron chi connectivity index (χ1n) is 23.2. The van der Waals surface area contributed by atoms with Gasteiger partial charge in [0.15, 0.2) is 0 Å². The van der Waals surface area contributed by atoms with Gasteiger partial charge >= 0.3 is 0 Å². The summed E-state index contributed by atoms with van der Waals surface area (Å²) in [5.41, 5.74) is 16.5. The number of carbonyl (C=O) groups excluding carboxylic acids is 12. The zero-order valence-electron chi connectivity index (χ0n) is 39.9. The van der Waals surface area contributed by atoms with Gasteiger partial charge in [0, 0.05) is 31.7 Å². The molecule has 0 spiro atoms. The minimum Gasteiger partial charge on any atom is -0.508 e. The molecule has 0 radical (unpaired) electrons. The first kappa shape index (κ1) is 57.0. The first-order valence-corrected chi connectivity index (χ1v) is 23.2. The lowest BCUT2D eigenvalue weighted by atomic mass is 10.00. The Morgan fingerprint density at radius 2 is 1.30 bits per heavy atom. The standard InChI is InChI=1S/C45H68N12O13/c1-22(2)15-30(41(66)51-20-36(48)61)55-39(64)27-18-25(27)13-14-49-40(65)28-10-12-37(62)50-21-38(63)52-32(17-24-5-7-26(58)8-6-24)44(69)56-31(16-23(3)4)43(68)54-29(9-11-34(46)59)42(67)57-33(19-35(47)60)45(70)53-28/h5-8,22-23,25,27-33,58H,9-21H2,1-4H3,(H2,46,59)(H2,47,60)(H2,48,61)(H,49,65)(H,50,62)(H,51,66)(H,52,63)(H,53,70)(H,54,68)(H,55,64)(H,56,69)(H,57,67)/t25?,27?,28-,29-,30-,31-,32-,33-/m0/s1. The normalized spacial score (nSPS) is 23.2. The predicted molar refractivity (Wildman–Crippen MR) is 248 cm³/mol. The fourth-order valence-electron chi connectivity index (χ4n) is 7.56. The van der Waals surface area contributed by atoms with Crippen molar-refractivity contribution in [3.8, 4) is 5.75 Å². The van der Waals surface area contributed by atoms with E-state index in [2.05, 4.69) is 47.9 Å². The molecular formula is C45H68N12O13. The zero-order chi connectivity index (χ0) is 52.2. The van der Waals surface area contributed by atoms with Crippen LogP contribution in [0.15, 0.2) is 24.3 Å². The summed E-state index contributed by atoms with van der Waals surface area (Å²) in [6.45, 7) is 6.16. The Morgan fingerprint density at radius 1 is 0.686 bits per heavy atom. The number of phenolic OH excluding ortho intramolecular Hbond substituents is 1. The molecule has 0 aromatic heterocycles. The summed E-state index contributed by atoms with van der Waals surface area (Å²) in [5, 5.41) is 32.4. The van der Waals surface area contributed by atoms with E-state index in [-0.39, 0.29) is 55.7 Å². The molecule has 25 heteroatoms. The van der Waals surface area contributed by atoms with E-state index in [0.29, 0.717) is 18.4 Å². The van der Waals surface area contributed by atoms with E-state index in [1.807, 2.05) is 13.8 Å². The molecule has 16 N–H and O–H groups in total. The Balaban J connectivity index is 1.88. The van der Waals surface area contributed by atoms with E-state index in [0.717, 1.165) is 0 Å². The Labute approximate surface area is 404 Å². The highest BCUT2D eigenvalue weighted by atomic mass is 16.3. The average molecular weight is 985 g/mol. The van der Waals surface area contributed by atoms with Crippen LogP contribution in [0.4, 0.5) is 0 Å². The predicted octanol–water partition coefficient (Wildman–Crippen LogP) is -4.27. The van der Waals surface area contributed by atoms with Crippen molar-refractivity contribution in [2.75, 3.05) is 19.6 Å². The van der Waals surface area contributed by atoms with E-state index >= 15 is 0 Å². The summed E-state index contributed by atoms with van der Waals surface area (Å²) in [5.74, 6) is -10.9. The Kier molecular flexibility index (Phi) is 22.5. The smallest absolute Gasteiger partial charge is 0.243 e. The molecule has 1 aromatic carbocycles. The quantitative estimate of drug-likeness (QED) is 0.0590. The molecule has 70 heavy (non-hydrogen) atoms. The maximum Gasteiger partial charge on any atom is 0.243 e. The third-order valence-electron chi connectivity index (χ3n) is 11.3. The molecular weight excluding hydrogens is 917 g/mol. The number of rotatable bonds is 20. The van der Waals surface area contributed by atoms with Gasteiger partial charge in [-0.3, -0.25) is 57.5 Å². The topological polar surface area (TPSA) is 411 Å². The van der Waals surface area contributed by atoms with Crippen LogP contribution in [0.25, 0.3) is 0 Å². The molecule has 2 aliphatic rings. The second-order valence-corrected chi connectivity index (χ2v) is 18.4. The van der Waals surface area contributed by atoms with E-state index in [1.54, 1.807) is 13.8 Å². The number of amides is 12. The molecule has 12 amide bonds. The zero-order valence-corrected chi connectivity index (χ0v) is 39.9. The lowest BCUT2D eigenvalue weighted by molar-refractivity contribution is -0.136. The maximum atomic E-state index is 13.9. The Hall–Kier alpha value is -7.34. The summed E-state index contributed by atoms with van der Waals surface area (Å²) in [6.07, 6.45) is -1.57. The molecule has 2 fully saturated rings. The van der Waals surface area contributed by atoms with Gasteiger partial charge < -0.3 is 70.2 Å². The molecule has 1 aliphatic heterocycles. The van der Waals surface area contributed by atoms with Gasteiger partial charge in [0.25, 0.3) is 0 Å². The Bertz CT molecular complexity index is 2100. The van der Waals surface area contributed by atoms with E-state index in [4.69, 9.17) is 17.2 Å². The van der Waals surface area contributed by atoms with Crippen molar-refractivity contribution in [3.05, 3.63) is 29.8 Å². The van der Waals surface area contributed by atoms with Crippen molar-refractivity contribution >= 4 is 70.9 Å². The minimum atomic E-state index is -1.76. The van der Waals surface area contributed by atoms with Crippen LogP contribution in [-0.4, -0.2) is 132 Å². The second-order valence-electron chi connectivity index (χ2n) is 18.4. The first-order chi connectivity index (χ1) is 32.9. The van der Waals surface area contributed by atoms with Gasteiger partial charge in [-0.25, -0.2) is 0 Å². The highest BCUT2D eigenvalue weighted by molar-refractivity contribution is 5.98. The van der Waals surface area contributed by atoms with Crippen LogP contribution in [0.3, 0.4) is 0 Å². The van der Waals surface area contributed by atoms with Crippen molar-refractivity contribution in [2.24, 2.45) is 40.9 Å². The van der Waals surface area contributed by atoms with Crippen molar-refractivity contribution in [2.45, 2.75) is 128 Å². The number of nitrogens with two attached hydrogens (primary N) is 3. The van der Waals surface area contributed by atoms with Gasteiger partial charge in [0.1, 0.15) is 42.0 Å². The van der Waals surface area contributed by atoms with Gasteiger partial charge in [0.2, 0.25) is 70.9 Å². The van der Waals surface area contributed by atoms with Gasteiger partial charge in [-0.1, -0.05) is 39.8 Å². The summed E-state index contributed by atoms with van der Waals surface area (Å²) >= 11 is 0. The summed E-state index contributed by atoms with van der Waals surface area (Å²) < 4.78 is 0. The highest BCUT2D eigenvalue weighted by Gasteiger charge is 2.43. The number of aromatic hydroxyl groups is 1. The number of phenols is 1. The average Bonchev–Trinajstić information content (AvgIpc) is 4.06. The molecule has 1 aromatic rings. The van der Waals surface area contributed by atoms with Crippen LogP contribution in [-0.2, 0) is 64.0 Å².